The highest BCUT2D eigenvalue weighted by Crippen LogP contribution is 2.35. The predicted octanol–water partition coefficient (Wildman–Crippen LogP) is 4.80. The van der Waals surface area contributed by atoms with Crippen LogP contribution in [0.5, 0.6) is 0 Å². The van der Waals surface area contributed by atoms with Crippen LogP contribution < -0.4 is 0 Å². The van der Waals surface area contributed by atoms with Gasteiger partial charge in [-0.25, -0.2) is 0 Å². The van der Waals surface area contributed by atoms with E-state index in [1.807, 2.05) is 0 Å². The molecule has 1 N–H and O–H groups in total. The third-order valence-corrected chi connectivity index (χ3v) is 4.53. The summed E-state index contributed by atoms with van der Waals surface area (Å²) < 4.78 is 5.14. The second-order valence-corrected chi connectivity index (χ2v) is 6.49. The summed E-state index contributed by atoms with van der Waals surface area (Å²) in [6.07, 6.45) is 17.0. The summed E-state index contributed by atoms with van der Waals surface area (Å²) in [5.41, 5.74) is 0. The third-order valence-electron chi connectivity index (χ3n) is 4.53. The van der Waals surface area contributed by atoms with Crippen LogP contribution >= 0.6 is 0 Å². The quantitative estimate of drug-likeness (QED) is 0.338. The first-order valence-electron chi connectivity index (χ1n) is 9.34. The molecule has 0 radical (unpaired) electrons. The average molecular weight is 322 g/mol. The molecule has 1 aliphatic rings. The van der Waals surface area contributed by atoms with E-state index in [2.05, 4.69) is 38.2 Å². The average Bonchev–Trinajstić information content (AvgIpc) is 2.89. The number of aliphatic hydroxyl groups is 1. The molecule has 1 unspecified atom stereocenters. The zero-order valence-corrected chi connectivity index (χ0v) is 14.9. The summed E-state index contributed by atoms with van der Waals surface area (Å²) in [5.74, 6) is 0.798. The highest BCUT2D eigenvalue weighted by molar-refractivity contribution is 5.69. The van der Waals surface area contributed by atoms with E-state index in [1.54, 1.807) is 0 Å². The van der Waals surface area contributed by atoms with E-state index in [0.717, 1.165) is 51.4 Å². The monoisotopic (exact) mass is 322 g/mol. The minimum atomic E-state index is -0.172. The van der Waals surface area contributed by atoms with Gasteiger partial charge in [-0.15, -0.1) is 0 Å². The summed E-state index contributed by atoms with van der Waals surface area (Å²) in [6.45, 7) is 4.77. The smallest absolute Gasteiger partial charge is 0.305 e. The van der Waals surface area contributed by atoms with Crippen molar-refractivity contribution in [3.05, 3.63) is 24.3 Å². The maximum Gasteiger partial charge on any atom is 0.305 e. The van der Waals surface area contributed by atoms with Crippen molar-refractivity contribution in [1.29, 1.82) is 0 Å². The lowest BCUT2D eigenvalue weighted by Crippen LogP contribution is -2.16. The largest absolute Gasteiger partial charge is 0.466 e. The Kier molecular flexibility index (Phi) is 10.7. The molecule has 23 heavy (non-hydrogen) atoms. The van der Waals surface area contributed by atoms with E-state index in [1.165, 1.54) is 0 Å². The lowest BCUT2D eigenvalue weighted by Gasteiger charge is -2.17. The Labute approximate surface area is 141 Å². The lowest BCUT2D eigenvalue weighted by atomic mass is 9.91. The van der Waals surface area contributed by atoms with Crippen molar-refractivity contribution in [3.8, 4) is 0 Å². The van der Waals surface area contributed by atoms with Crippen LogP contribution in [0.1, 0.15) is 71.6 Å². The highest BCUT2D eigenvalue weighted by atomic mass is 16.5. The van der Waals surface area contributed by atoms with Gasteiger partial charge in [-0.1, -0.05) is 44.6 Å². The number of aliphatic hydroxyl groups excluding tert-OH is 1. The zero-order chi connectivity index (χ0) is 16.9. The van der Waals surface area contributed by atoms with Gasteiger partial charge in [0.15, 0.2) is 0 Å². The first kappa shape index (κ1) is 20.0. The van der Waals surface area contributed by atoms with Gasteiger partial charge in [0, 0.05) is 12.3 Å². The molecule has 0 bridgehead atoms. The van der Waals surface area contributed by atoms with E-state index in [9.17, 15) is 9.90 Å². The molecule has 0 spiro atoms. The van der Waals surface area contributed by atoms with E-state index in [0.29, 0.717) is 24.9 Å². The van der Waals surface area contributed by atoms with Crippen molar-refractivity contribution in [3.63, 3.8) is 0 Å². The zero-order valence-electron chi connectivity index (χ0n) is 14.9. The molecule has 132 valence electrons. The molecule has 1 saturated carbocycles. The molecule has 0 amide bonds. The molecule has 0 heterocycles. The minimum absolute atomic E-state index is 0.0736. The molecule has 3 heteroatoms. The van der Waals surface area contributed by atoms with Gasteiger partial charge in [0.05, 0.1) is 12.7 Å². The van der Waals surface area contributed by atoms with Crippen LogP contribution in [0.3, 0.4) is 0 Å². The Morgan fingerprint density at radius 3 is 2.74 bits per heavy atom. The molecule has 1 aliphatic carbocycles. The number of unbranched alkanes of at least 4 members (excludes halogenated alkanes) is 2. The van der Waals surface area contributed by atoms with Gasteiger partial charge in [0.25, 0.3) is 0 Å². The van der Waals surface area contributed by atoms with Gasteiger partial charge in [-0.2, -0.15) is 0 Å². The number of rotatable bonds is 11. The second-order valence-electron chi connectivity index (χ2n) is 6.49. The van der Waals surface area contributed by atoms with Crippen LogP contribution in [-0.4, -0.2) is 23.8 Å². The van der Waals surface area contributed by atoms with Gasteiger partial charge >= 0.3 is 5.97 Å². The molecule has 1 rings (SSSR count). The summed E-state index contributed by atoms with van der Waals surface area (Å²) in [5, 5.41) is 10.0. The first-order chi connectivity index (χ1) is 11.2. The number of hydrogen-bond acceptors (Lipinski definition) is 3. The van der Waals surface area contributed by atoms with Crippen LogP contribution in [0.25, 0.3) is 0 Å². The summed E-state index contributed by atoms with van der Waals surface area (Å²) in [6, 6.07) is 0. The maximum atomic E-state index is 11.5. The predicted molar refractivity (Wildman–Crippen MR) is 95.1 cm³/mol. The molecular formula is C20H34O3. The second kappa shape index (κ2) is 12.3. The number of carbonyl (C=O) groups excluding carboxylic acids is 1. The van der Waals surface area contributed by atoms with Gasteiger partial charge in [0.2, 0.25) is 0 Å². The van der Waals surface area contributed by atoms with Crippen LogP contribution in [0.2, 0.25) is 0 Å². The lowest BCUT2D eigenvalue weighted by molar-refractivity contribution is -0.143. The van der Waals surface area contributed by atoms with E-state index < -0.39 is 0 Å². The van der Waals surface area contributed by atoms with Crippen LogP contribution in [0.15, 0.2) is 24.3 Å². The number of ether oxygens (including phenoxy) is 1. The third kappa shape index (κ3) is 8.36. The summed E-state index contributed by atoms with van der Waals surface area (Å²) in [4.78, 5) is 11.5. The van der Waals surface area contributed by atoms with Crippen molar-refractivity contribution in [2.75, 3.05) is 6.61 Å². The van der Waals surface area contributed by atoms with E-state index in [4.69, 9.17) is 4.74 Å². The van der Waals surface area contributed by atoms with E-state index in [-0.39, 0.29) is 12.1 Å². The highest BCUT2D eigenvalue weighted by Gasteiger charge is 2.31. The normalized spacial score (nSPS) is 24.7. The standard InChI is InChI=1S/C20H34O3/c1-3-5-12-18-17(14-15-19(18)21)11-9-7-8-10-13-20(22)23-16-6-4-2/h5,7,9,12,17-19,21H,3-4,6,8,10-11,13-16H2,1-2H3/b9-7-,12-5+/t17-,18?,19+/m0/s1. The van der Waals surface area contributed by atoms with Crippen molar-refractivity contribution >= 4 is 5.97 Å². The maximum absolute atomic E-state index is 11.5. The van der Waals surface area contributed by atoms with Crippen molar-refractivity contribution in [2.45, 2.75) is 77.7 Å². The molecule has 0 aromatic carbocycles. The molecule has 0 aromatic rings. The van der Waals surface area contributed by atoms with Crippen LogP contribution in [0, 0.1) is 11.8 Å². The van der Waals surface area contributed by atoms with Crippen molar-refractivity contribution in [2.24, 2.45) is 11.8 Å². The fraction of sp³-hybridized carbons (Fsp3) is 0.750. The van der Waals surface area contributed by atoms with Crippen LogP contribution in [0.4, 0.5) is 0 Å². The molecule has 3 nitrogen and oxygen atoms in total. The topological polar surface area (TPSA) is 46.5 Å². The van der Waals surface area contributed by atoms with Crippen LogP contribution in [-0.2, 0) is 9.53 Å². The molecule has 3 atom stereocenters. The minimum Gasteiger partial charge on any atom is -0.466 e. The van der Waals surface area contributed by atoms with E-state index >= 15 is 0 Å². The van der Waals surface area contributed by atoms with Crippen molar-refractivity contribution in [1.82, 2.24) is 0 Å². The van der Waals surface area contributed by atoms with Gasteiger partial charge in [-0.3, -0.25) is 4.79 Å². The fourth-order valence-corrected chi connectivity index (χ4v) is 3.09. The molecular weight excluding hydrogens is 288 g/mol. The van der Waals surface area contributed by atoms with Gasteiger partial charge in [0.1, 0.15) is 0 Å². The number of hydrogen-bond donors (Lipinski definition) is 1. The van der Waals surface area contributed by atoms with Crippen molar-refractivity contribution < 1.29 is 14.6 Å². The first-order valence-corrected chi connectivity index (χ1v) is 9.34. The Morgan fingerprint density at radius 2 is 2.00 bits per heavy atom. The Hall–Kier alpha value is -1.09. The van der Waals surface area contributed by atoms with Gasteiger partial charge in [-0.05, 0) is 50.9 Å². The SMILES string of the molecule is CC/C=C/C1[C@@H](C/C=C\CCCC(=O)OCCCC)CC[C@H]1O. The van der Waals surface area contributed by atoms with Gasteiger partial charge < -0.3 is 9.84 Å². The number of carbonyl (C=O) groups is 1. The molecule has 0 saturated heterocycles. The summed E-state index contributed by atoms with van der Waals surface area (Å²) in [7, 11) is 0. The fourth-order valence-electron chi connectivity index (χ4n) is 3.09. The molecule has 1 fully saturated rings. The Morgan fingerprint density at radius 1 is 1.17 bits per heavy atom. The Bertz CT molecular complexity index is 373. The number of allylic oxidation sites excluding steroid dienone is 3. The Balaban J connectivity index is 2.16. The molecule has 0 aromatic heterocycles. The summed E-state index contributed by atoms with van der Waals surface area (Å²) >= 11 is 0. The number of esters is 1. The molecule has 0 aliphatic heterocycles.